The first kappa shape index (κ1) is 15.4. The number of aryl methyl sites for hydroxylation is 2. The summed E-state index contributed by atoms with van der Waals surface area (Å²) >= 11 is 3.36. The van der Waals surface area contributed by atoms with Crippen LogP contribution in [0.1, 0.15) is 34.0 Å². The van der Waals surface area contributed by atoms with E-state index in [9.17, 15) is 4.79 Å². The number of nitrogens with one attached hydrogen (secondary N) is 1. The zero-order valence-electron chi connectivity index (χ0n) is 12.3. The molecule has 0 fully saturated rings. The van der Waals surface area contributed by atoms with Gasteiger partial charge >= 0.3 is 0 Å². The van der Waals surface area contributed by atoms with Crippen molar-refractivity contribution in [3.8, 4) is 0 Å². The monoisotopic (exact) mass is 344 g/mol. The molecule has 0 saturated carbocycles. The summed E-state index contributed by atoms with van der Waals surface area (Å²) in [6.07, 6.45) is 0. The third kappa shape index (κ3) is 3.79. The summed E-state index contributed by atoms with van der Waals surface area (Å²) in [5.41, 5.74) is 7.31. The maximum atomic E-state index is 12.1. The van der Waals surface area contributed by atoms with E-state index >= 15 is 0 Å². The number of hydrogen-bond acceptors (Lipinski definition) is 2. The van der Waals surface area contributed by atoms with Crippen molar-refractivity contribution in [1.82, 2.24) is 5.43 Å². The maximum absolute atomic E-state index is 12.1. The van der Waals surface area contributed by atoms with E-state index in [4.69, 9.17) is 0 Å². The molecule has 4 heteroatoms. The second-order valence-corrected chi connectivity index (χ2v) is 5.79. The molecule has 0 aliphatic heterocycles. The van der Waals surface area contributed by atoms with Crippen LogP contribution in [0.3, 0.4) is 0 Å². The van der Waals surface area contributed by atoms with E-state index in [0.717, 1.165) is 21.3 Å². The summed E-state index contributed by atoms with van der Waals surface area (Å²) in [5.74, 6) is -0.230. The van der Waals surface area contributed by atoms with Gasteiger partial charge in [-0.3, -0.25) is 4.79 Å². The van der Waals surface area contributed by atoms with E-state index in [2.05, 4.69) is 44.7 Å². The lowest BCUT2D eigenvalue weighted by Crippen LogP contribution is -2.20. The van der Waals surface area contributed by atoms with Gasteiger partial charge in [0.15, 0.2) is 0 Å². The lowest BCUT2D eigenvalue weighted by molar-refractivity contribution is 0.0954. The SMILES string of the molecule is C/C(=N/NC(=O)c1ccccc1Br)c1cc(C)ccc1C. The van der Waals surface area contributed by atoms with Gasteiger partial charge in [0, 0.05) is 10.0 Å². The lowest BCUT2D eigenvalue weighted by Gasteiger charge is -2.08. The molecular weight excluding hydrogens is 328 g/mol. The van der Waals surface area contributed by atoms with Crippen LogP contribution in [0.4, 0.5) is 0 Å². The number of hydrazone groups is 1. The standard InChI is InChI=1S/C17H17BrN2O/c1-11-8-9-12(2)15(10-11)13(3)19-20-17(21)14-6-4-5-7-16(14)18/h4-10H,1-3H3,(H,20,21)/b19-13-. The number of carbonyl (C=O) groups is 1. The van der Waals surface area contributed by atoms with Crippen molar-refractivity contribution in [1.29, 1.82) is 0 Å². The Labute approximate surface area is 133 Å². The van der Waals surface area contributed by atoms with Crippen LogP contribution in [0.2, 0.25) is 0 Å². The highest BCUT2D eigenvalue weighted by Crippen LogP contribution is 2.16. The molecule has 0 aliphatic rings. The topological polar surface area (TPSA) is 41.5 Å². The van der Waals surface area contributed by atoms with Crippen molar-refractivity contribution in [2.45, 2.75) is 20.8 Å². The maximum Gasteiger partial charge on any atom is 0.272 e. The molecule has 0 saturated heterocycles. The Balaban J connectivity index is 2.19. The number of nitrogens with zero attached hydrogens (tertiary/aromatic N) is 1. The van der Waals surface area contributed by atoms with Crippen LogP contribution in [0.15, 0.2) is 52.0 Å². The van der Waals surface area contributed by atoms with E-state index < -0.39 is 0 Å². The Morgan fingerprint density at radius 1 is 1.10 bits per heavy atom. The molecule has 0 unspecified atom stereocenters. The van der Waals surface area contributed by atoms with Crippen molar-refractivity contribution >= 4 is 27.5 Å². The van der Waals surface area contributed by atoms with Crippen LogP contribution >= 0.6 is 15.9 Å². The van der Waals surface area contributed by atoms with E-state index in [1.54, 1.807) is 6.07 Å². The minimum atomic E-state index is -0.230. The first-order valence-corrected chi connectivity index (χ1v) is 7.45. The molecule has 0 aliphatic carbocycles. The number of hydrogen-bond donors (Lipinski definition) is 1. The number of carbonyl (C=O) groups excluding carboxylic acids is 1. The largest absolute Gasteiger partial charge is 0.272 e. The molecule has 3 nitrogen and oxygen atoms in total. The normalized spacial score (nSPS) is 11.3. The Bertz CT molecular complexity index is 708. The third-order valence-electron chi connectivity index (χ3n) is 3.23. The minimum Gasteiger partial charge on any atom is -0.267 e. The summed E-state index contributed by atoms with van der Waals surface area (Å²) in [6.45, 7) is 5.96. The summed E-state index contributed by atoms with van der Waals surface area (Å²) in [6, 6.07) is 13.5. The lowest BCUT2D eigenvalue weighted by atomic mass is 10.0. The van der Waals surface area contributed by atoms with E-state index in [0.29, 0.717) is 5.56 Å². The number of amides is 1. The van der Waals surface area contributed by atoms with Crippen LogP contribution < -0.4 is 5.43 Å². The zero-order valence-corrected chi connectivity index (χ0v) is 13.9. The molecule has 2 aromatic carbocycles. The van der Waals surface area contributed by atoms with Gasteiger partial charge in [0.1, 0.15) is 0 Å². The molecule has 0 atom stereocenters. The molecule has 1 N–H and O–H groups in total. The average molecular weight is 345 g/mol. The van der Waals surface area contributed by atoms with Crippen LogP contribution in [-0.4, -0.2) is 11.6 Å². The van der Waals surface area contributed by atoms with Gasteiger partial charge in [-0.05, 0) is 60.5 Å². The fourth-order valence-corrected chi connectivity index (χ4v) is 2.49. The third-order valence-corrected chi connectivity index (χ3v) is 3.92. The molecule has 108 valence electrons. The van der Waals surface area contributed by atoms with Gasteiger partial charge in [-0.2, -0.15) is 5.10 Å². The second-order valence-electron chi connectivity index (χ2n) is 4.94. The fraction of sp³-hybridized carbons (Fsp3) is 0.176. The van der Waals surface area contributed by atoms with Gasteiger partial charge in [0.2, 0.25) is 0 Å². The molecular formula is C17H17BrN2O. The molecule has 2 aromatic rings. The Hall–Kier alpha value is -1.94. The second kappa shape index (κ2) is 6.68. The van der Waals surface area contributed by atoms with Crippen molar-refractivity contribution < 1.29 is 4.79 Å². The predicted molar refractivity (Wildman–Crippen MR) is 89.7 cm³/mol. The van der Waals surface area contributed by atoms with Gasteiger partial charge in [0.25, 0.3) is 5.91 Å². The van der Waals surface area contributed by atoms with Gasteiger partial charge in [-0.15, -0.1) is 0 Å². The first-order valence-electron chi connectivity index (χ1n) is 6.66. The summed E-state index contributed by atoms with van der Waals surface area (Å²) < 4.78 is 0.752. The quantitative estimate of drug-likeness (QED) is 0.657. The fourth-order valence-electron chi connectivity index (χ4n) is 2.03. The Kier molecular flexibility index (Phi) is 4.91. The van der Waals surface area contributed by atoms with Crippen LogP contribution in [0, 0.1) is 13.8 Å². The Morgan fingerprint density at radius 3 is 2.52 bits per heavy atom. The smallest absolute Gasteiger partial charge is 0.267 e. The van der Waals surface area contributed by atoms with Crippen molar-refractivity contribution in [2.75, 3.05) is 0 Å². The van der Waals surface area contributed by atoms with Crippen molar-refractivity contribution in [3.63, 3.8) is 0 Å². The van der Waals surface area contributed by atoms with Gasteiger partial charge in [-0.1, -0.05) is 29.8 Å². The molecule has 0 bridgehead atoms. The summed E-state index contributed by atoms with van der Waals surface area (Å²) in [7, 11) is 0. The van der Waals surface area contributed by atoms with E-state index in [1.807, 2.05) is 39.0 Å². The van der Waals surface area contributed by atoms with Gasteiger partial charge in [0.05, 0.1) is 11.3 Å². The number of benzene rings is 2. The van der Waals surface area contributed by atoms with Crippen LogP contribution in [0.5, 0.6) is 0 Å². The first-order chi connectivity index (χ1) is 9.99. The van der Waals surface area contributed by atoms with E-state index in [1.165, 1.54) is 5.56 Å². The highest BCUT2D eigenvalue weighted by atomic mass is 79.9. The summed E-state index contributed by atoms with van der Waals surface area (Å²) in [5, 5.41) is 4.21. The number of rotatable bonds is 3. The minimum absolute atomic E-state index is 0.230. The predicted octanol–water partition coefficient (Wildman–Crippen LogP) is 4.22. The molecule has 0 aromatic heterocycles. The van der Waals surface area contributed by atoms with E-state index in [-0.39, 0.29) is 5.91 Å². The molecule has 0 spiro atoms. The average Bonchev–Trinajstić information content (AvgIpc) is 2.47. The highest BCUT2D eigenvalue weighted by Gasteiger charge is 2.09. The number of halogens is 1. The molecule has 0 heterocycles. The van der Waals surface area contributed by atoms with Crippen LogP contribution in [-0.2, 0) is 0 Å². The molecule has 0 radical (unpaired) electrons. The highest BCUT2D eigenvalue weighted by molar-refractivity contribution is 9.10. The zero-order chi connectivity index (χ0) is 15.4. The van der Waals surface area contributed by atoms with Gasteiger partial charge < -0.3 is 0 Å². The van der Waals surface area contributed by atoms with Crippen LogP contribution in [0.25, 0.3) is 0 Å². The van der Waals surface area contributed by atoms with Gasteiger partial charge in [-0.25, -0.2) is 5.43 Å². The summed E-state index contributed by atoms with van der Waals surface area (Å²) in [4.78, 5) is 12.1. The Morgan fingerprint density at radius 2 is 1.81 bits per heavy atom. The van der Waals surface area contributed by atoms with Crippen molar-refractivity contribution in [3.05, 3.63) is 69.2 Å². The molecule has 21 heavy (non-hydrogen) atoms. The molecule has 1 amide bonds. The molecule has 2 rings (SSSR count). The van der Waals surface area contributed by atoms with Crippen molar-refractivity contribution in [2.24, 2.45) is 5.10 Å².